The smallest absolute Gasteiger partial charge is 0.335 e. The predicted octanol–water partition coefficient (Wildman–Crippen LogP) is 2.82. The lowest BCUT2D eigenvalue weighted by Gasteiger charge is -2.25. The van der Waals surface area contributed by atoms with E-state index in [2.05, 4.69) is 0 Å². The van der Waals surface area contributed by atoms with Crippen LogP contribution in [0.5, 0.6) is 0 Å². The van der Waals surface area contributed by atoms with Gasteiger partial charge in [0, 0.05) is 12.7 Å². The van der Waals surface area contributed by atoms with Crippen LogP contribution in [0.1, 0.15) is 21.5 Å². The van der Waals surface area contributed by atoms with Crippen LogP contribution < -0.4 is 0 Å². The largest absolute Gasteiger partial charge is 0.478 e. The van der Waals surface area contributed by atoms with Crippen molar-refractivity contribution in [3.05, 3.63) is 77.5 Å². The molecule has 2 aromatic carbocycles. The molecule has 1 heterocycles. The molecule has 0 bridgehead atoms. The molecule has 0 saturated heterocycles. The molecule has 1 aliphatic rings. The highest BCUT2D eigenvalue weighted by Crippen LogP contribution is 2.39. The minimum absolute atomic E-state index is 0.154. The molecule has 5 nitrogen and oxygen atoms in total. The fourth-order valence-corrected chi connectivity index (χ4v) is 2.53. The Hall–Kier alpha value is -2.92. The number of aromatic carboxylic acids is 1. The van der Waals surface area contributed by atoms with Crippen molar-refractivity contribution >= 4 is 17.3 Å². The van der Waals surface area contributed by atoms with E-state index in [0.29, 0.717) is 16.7 Å². The number of carbonyl (C=O) groups excluding carboxylic acids is 1. The Morgan fingerprint density at radius 2 is 1.74 bits per heavy atom. The maximum Gasteiger partial charge on any atom is 0.335 e. The third-order valence-corrected chi connectivity index (χ3v) is 3.77. The van der Waals surface area contributed by atoms with Crippen LogP contribution in [-0.2, 0) is 20.1 Å². The molecule has 116 valence electrons. The van der Waals surface area contributed by atoms with Gasteiger partial charge in [-0.2, -0.15) is 0 Å². The Morgan fingerprint density at radius 1 is 1.09 bits per heavy atom. The first-order valence-electron chi connectivity index (χ1n) is 6.95. The van der Waals surface area contributed by atoms with Crippen molar-refractivity contribution in [3.8, 4) is 0 Å². The molecule has 0 saturated carbocycles. The molecule has 1 atom stereocenters. The molecule has 0 radical (unpaired) electrons. The zero-order valence-electron chi connectivity index (χ0n) is 12.4. The number of rotatable bonds is 4. The first-order chi connectivity index (χ1) is 11.1. The summed E-state index contributed by atoms with van der Waals surface area (Å²) in [6, 6.07) is 15.0. The molecule has 1 N–H and O–H groups in total. The number of ether oxygens (including phenoxy) is 2. The van der Waals surface area contributed by atoms with Gasteiger partial charge in [-0.05, 0) is 17.7 Å². The average Bonchev–Trinajstić information content (AvgIpc) is 2.93. The van der Waals surface area contributed by atoms with Crippen molar-refractivity contribution in [1.82, 2.24) is 0 Å². The van der Waals surface area contributed by atoms with E-state index in [1.54, 1.807) is 36.4 Å². The van der Waals surface area contributed by atoms with E-state index < -0.39 is 11.8 Å². The Labute approximate surface area is 132 Å². The van der Waals surface area contributed by atoms with E-state index in [0.717, 1.165) is 0 Å². The number of carboxylic acid groups (broad SMARTS) is 1. The van der Waals surface area contributed by atoms with Crippen molar-refractivity contribution in [2.45, 2.75) is 5.79 Å². The highest BCUT2D eigenvalue weighted by molar-refractivity contribution is 6.25. The number of Topliss-reactive ketones (excluding diaryl/α,β-unsaturated/α-hetero) is 1. The zero-order valence-corrected chi connectivity index (χ0v) is 12.4. The van der Waals surface area contributed by atoms with Gasteiger partial charge in [-0.15, -0.1) is 0 Å². The molecule has 0 fully saturated rings. The van der Waals surface area contributed by atoms with Gasteiger partial charge < -0.3 is 14.6 Å². The topological polar surface area (TPSA) is 72.8 Å². The summed E-state index contributed by atoms with van der Waals surface area (Å²) >= 11 is 0. The molecule has 5 heteroatoms. The normalized spacial score (nSPS) is 20.0. The molecule has 3 rings (SSSR count). The number of hydrogen-bond acceptors (Lipinski definition) is 4. The maximum absolute atomic E-state index is 12.8. The van der Waals surface area contributed by atoms with Crippen LogP contribution in [0.3, 0.4) is 0 Å². The highest BCUT2D eigenvalue weighted by atomic mass is 16.7. The molecular formula is C18H14O5. The van der Waals surface area contributed by atoms with Crippen LogP contribution in [0.2, 0.25) is 0 Å². The lowest BCUT2D eigenvalue weighted by atomic mass is 9.94. The molecule has 0 aliphatic carbocycles. The fraction of sp³-hybridized carbons (Fsp3) is 0.111. The van der Waals surface area contributed by atoms with Crippen LogP contribution in [0.25, 0.3) is 5.57 Å². The van der Waals surface area contributed by atoms with Crippen molar-refractivity contribution in [3.63, 3.8) is 0 Å². The van der Waals surface area contributed by atoms with Crippen molar-refractivity contribution in [1.29, 1.82) is 0 Å². The van der Waals surface area contributed by atoms with E-state index in [1.807, 2.05) is 6.07 Å². The van der Waals surface area contributed by atoms with Crippen molar-refractivity contribution in [2.24, 2.45) is 0 Å². The molecule has 1 unspecified atom stereocenters. The minimum Gasteiger partial charge on any atom is -0.478 e. The lowest BCUT2D eigenvalue weighted by Crippen LogP contribution is -2.36. The first kappa shape index (κ1) is 15.0. The number of ketones is 1. The summed E-state index contributed by atoms with van der Waals surface area (Å²) in [6.45, 7) is 0. The standard InChI is InChI=1S/C18H14O5/c1-22-18(14-5-3-2-4-6-14)16(19)15(11-23-18)12-7-9-13(10-8-12)17(20)21/h2-11H,1H3,(H,20,21). The molecule has 0 spiro atoms. The van der Waals surface area contributed by atoms with Gasteiger partial charge in [-0.3, -0.25) is 4.79 Å². The summed E-state index contributed by atoms with van der Waals surface area (Å²) in [5.74, 6) is -2.84. The number of benzene rings is 2. The number of carboxylic acids is 1. The van der Waals surface area contributed by atoms with Gasteiger partial charge in [0.2, 0.25) is 5.78 Å². The molecule has 1 aliphatic heterocycles. The van der Waals surface area contributed by atoms with Crippen molar-refractivity contribution < 1.29 is 24.2 Å². The second-order valence-corrected chi connectivity index (χ2v) is 5.05. The maximum atomic E-state index is 12.8. The van der Waals surface area contributed by atoms with Gasteiger partial charge in [-0.25, -0.2) is 4.79 Å². The lowest BCUT2D eigenvalue weighted by molar-refractivity contribution is -0.190. The Kier molecular flexibility index (Phi) is 3.72. The predicted molar refractivity (Wildman–Crippen MR) is 82.6 cm³/mol. The fourth-order valence-electron chi connectivity index (χ4n) is 2.53. The molecule has 0 aromatic heterocycles. The SMILES string of the molecule is COC1(c2ccccc2)OC=C(c2ccc(C(=O)O)cc2)C1=O. The minimum atomic E-state index is -1.50. The van der Waals surface area contributed by atoms with Crippen LogP contribution in [0.4, 0.5) is 0 Å². The van der Waals surface area contributed by atoms with Gasteiger partial charge in [0.25, 0.3) is 0 Å². The summed E-state index contributed by atoms with van der Waals surface area (Å²) in [7, 11) is 1.41. The third kappa shape index (κ3) is 2.41. The second kappa shape index (κ2) is 5.70. The summed E-state index contributed by atoms with van der Waals surface area (Å²) in [5.41, 5.74) is 1.67. The zero-order chi connectivity index (χ0) is 16.4. The van der Waals surface area contributed by atoms with E-state index in [1.165, 1.54) is 25.5 Å². The third-order valence-electron chi connectivity index (χ3n) is 3.77. The van der Waals surface area contributed by atoms with Gasteiger partial charge >= 0.3 is 11.8 Å². The highest BCUT2D eigenvalue weighted by Gasteiger charge is 2.48. The van der Waals surface area contributed by atoms with Gasteiger partial charge in [-0.1, -0.05) is 42.5 Å². The monoisotopic (exact) mass is 310 g/mol. The molecular weight excluding hydrogens is 296 g/mol. The Morgan fingerprint density at radius 3 is 2.30 bits per heavy atom. The van der Waals surface area contributed by atoms with E-state index in [-0.39, 0.29) is 11.3 Å². The van der Waals surface area contributed by atoms with Crippen LogP contribution in [0, 0.1) is 0 Å². The number of methoxy groups -OCH3 is 1. The number of carbonyl (C=O) groups is 2. The molecule has 0 amide bonds. The molecule has 23 heavy (non-hydrogen) atoms. The van der Waals surface area contributed by atoms with E-state index >= 15 is 0 Å². The summed E-state index contributed by atoms with van der Waals surface area (Å²) in [6.07, 6.45) is 1.36. The molecule has 2 aromatic rings. The van der Waals surface area contributed by atoms with Gasteiger partial charge in [0.15, 0.2) is 0 Å². The average molecular weight is 310 g/mol. The van der Waals surface area contributed by atoms with Crippen molar-refractivity contribution in [2.75, 3.05) is 7.11 Å². The quantitative estimate of drug-likeness (QED) is 0.940. The number of hydrogen-bond donors (Lipinski definition) is 1. The van der Waals surface area contributed by atoms with Gasteiger partial charge in [0.1, 0.15) is 0 Å². The second-order valence-electron chi connectivity index (χ2n) is 5.05. The van der Waals surface area contributed by atoms with E-state index in [9.17, 15) is 9.59 Å². The summed E-state index contributed by atoms with van der Waals surface area (Å²) in [5, 5.41) is 8.94. The van der Waals surface area contributed by atoms with Gasteiger partial charge in [0.05, 0.1) is 17.4 Å². The Bertz CT molecular complexity index is 777. The van der Waals surface area contributed by atoms with Crippen LogP contribution >= 0.6 is 0 Å². The Balaban J connectivity index is 1.95. The van der Waals surface area contributed by atoms with Crippen LogP contribution in [-0.4, -0.2) is 24.0 Å². The summed E-state index contributed by atoms with van der Waals surface area (Å²) in [4.78, 5) is 23.7. The van der Waals surface area contributed by atoms with E-state index in [4.69, 9.17) is 14.6 Å². The summed E-state index contributed by atoms with van der Waals surface area (Å²) < 4.78 is 11.0. The van der Waals surface area contributed by atoms with Crippen LogP contribution in [0.15, 0.2) is 60.9 Å². The first-order valence-corrected chi connectivity index (χ1v) is 6.95.